The molecule has 28 heavy (non-hydrogen) atoms. The number of aromatic nitrogens is 6. The Labute approximate surface area is 173 Å². The highest BCUT2D eigenvalue weighted by Crippen LogP contribution is 2.21. The summed E-state index contributed by atoms with van der Waals surface area (Å²) in [5.41, 5.74) is 0. The van der Waals surface area contributed by atoms with Crippen molar-refractivity contribution in [3.63, 3.8) is 0 Å². The molecule has 0 radical (unpaired) electrons. The highest BCUT2D eigenvalue weighted by atomic mass is 32.2. The normalized spacial score (nSPS) is 13.1. The lowest BCUT2D eigenvalue weighted by Gasteiger charge is -2.28. The standard InChI is InChI=1S/C16H26N10S2/c1-5-17-11-20-14(24-15(21-11)27-7-3)25-10-9-19-13-23-16(28-8-4)22-12(18-6-2)26(13)25/h5-10H2,1-4H3,(H2,17,18,19,20,21,22,23,24)/p+1. The number of hydrogen-bond donors (Lipinski definition) is 3. The van der Waals surface area contributed by atoms with Crippen LogP contribution in [0.4, 0.5) is 23.8 Å². The summed E-state index contributed by atoms with van der Waals surface area (Å²) in [6, 6.07) is 0. The maximum absolute atomic E-state index is 4.69. The van der Waals surface area contributed by atoms with Crippen LogP contribution in [0.3, 0.4) is 0 Å². The van der Waals surface area contributed by atoms with Crippen LogP contribution in [0.15, 0.2) is 10.3 Å². The Morgan fingerprint density at radius 1 is 0.929 bits per heavy atom. The molecule has 0 atom stereocenters. The molecule has 10 nitrogen and oxygen atoms in total. The first kappa shape index (κ1) is 20.6. The first-order valence-electron chi connectivity index (χ1n) is 9.55. The Morgan fingerprint density at radius 2 is 1.64 bits per heavy atom. The Morgan fingerprint density at radius 3 is 2.32 bits per heavy atom. The molecule has 0 spiro atoms. The van der Waals surface area contributed by atoms with Crippen molar-refractivity contribution in [3.05, 3.63) is 0 Å². The smallest absolute Gasteiger partial charge is 0.346 e. The third-order valence-electron chi connectivity index (χ3n) is 3.70. The van der Waals surface area contributed by atoms with E-state index in [1.54, 1.807) is 23.5 Å². The lowest BCUT2D eigenvalue weighted by molar-refractivity contribution is -0.665. The molecule has 0 amide bonds. The van der Waals surface area contributed by atoms with Gasteiger partial charge in [-0.2, -0.15) is 15.0 Å². The SMILES string of the molecule is CCNc1nc(SCC)nc(N2CCNc3nc(SCC)nc(NCC)[n+]32)n1. The highest BCUT2D eigenvalue weighted by Gasteiger charge is 2.31. The molecule has 0 saturated carbocycles. The van der Waals surface area contributed by atoms with E-state index < -0.39 is 0 Å². The van der Waals surface area contributed by atoms with Crippen LogP contribution in [-0.4, -0.2) is 62.6 Å². The van der Waals surface area contributed by atoms with Crippen molar-refractivity contribution < 1.29 is 4.68 Å². The van der Waals surface area contributed by atoms with Gasteiger partial charge < -0.3 is 16.0 Å². The lowest BCUT2D eigenvalue weighted by atomic mass is 10.5. The van der Waals surface area contributed by atoms with Crippen LogP contribution >= 0.6 is 23.5 Å². The van der Waals surface area contributed by atoms with E-state index in [4.69, 9.17) is 0 Å². The van der Waals surface area contributed by atoms with Gasteiger partial charge in [-0.25, -0.2) is 5.01 Å². The molecule has 2 aromatic rings. The van der Waals surface area contributed by atoms with Gasteiger partial charge in [-0.15, -0.1) is 4.68 Å². The van der Waals surface area contributed by atoms with Gasteiger partial charge in [0.05, 0.1) is 13.1 Å². The second-order valence-corrected chi connectivity index (χ2v) is 8.15. The summed E-state index contributed by atoms with van der Waals surface area (Å²) in [6.45, 7) is 11.2. The molecule has 3 rings (SSSR count). The summed E-state index contributed by atoms with van der Waals surface area (Å²) < 4.78 is 1.91. The number of rotatable bonds is 9. The van der Waals surface area contributed by atoms with Crippen molar-refractivity contribution >= 4 is 47.3 Å². The van der Waals surface area contributed by atoms with E-state index in [0.29, 0.717) is 29.5 Å². The fourth-order valence-electron chi connectivity index (χ4n) is 2.67. The predicted octanol–water partition coefficient (Wildman–Crippen LogP) is 1.73. The number of hydrogen-bond acceptors (Lipinski definition) is 11. The average molecular weight is 424 g/mol. The minimum atomic E-state index is 0.577. The van der Waals surface area contributed by atoms with E-state index >= 15 is 0 Å². The second kappa shape index (κ2) is 9.92. The maximum Gasteiger partial charge on any atom is 0.346 e. The van der Waals surface area contributed by atoms with Crippen LogP contribution in [0.5, 0.6) is 0 Å². The Kier molecular flexibility index (Phi) is 7.31. The van der Waals surface area contributed by atoms with Crippen molar-refractivity contribution in [1.29, 1.82) is 0 Å². The summed E-state index contributed by atoms with van der Waals surface area (Å²) >= 11 is 3.21. The Bertz CT molecular complexity index is 779. The fraction of sp³-hybridized carbons (Fsp3) is 0.625. The molecule has 0 bridgehead atoms. The summed E-state index contributed by atoms with van der Waals surface area (Å²) in [5.74, 6) is 4.40. The molecule has 12 heteroatoms. The minimum Gasteiger partial charge on any atom is -0.354 e. The molecule has 0 aliphatic carbocycles. The van der Waals surface area contributed by atoms with Crippen molar-refractivity contribution in [3.8, 4) is 0 Å². The first-order valence-corrected chi connectivity index (χ1v) is 11.5. The van der Waals surface area contributed by atoms with E-state index in [1.807, 2.05) is 23.5 Å². The number of nitrogens with one attached hydrogen (secondary N) is 3. The molecule has 0 unspecified atom stereocenters. The quantitative estimate of drug-likeness (QED) is 0.405. The zero-order valence-electron chi connectivity index (χ0n) is 16.7. The van der Waals surface area contributed by atoms with E-state index in [9.17, 15) is 0 Å². The minimum absolute atomic E-state index is 0.577. The summed E-state index contributed by atoms with van der Waals surface area (Å²) in [6.07, 6.45) is 0. The topological polar surface area (TPSA) is 108 Å². The van der Waals surface area contributed by atoms with Gasteiger partial charge in [0.1, 0.15) is 0 Å². The second-order valence-electron chi connectivity index (χ2n) is 5.68. The van der Waals surface area contributed by atoms with Crippen molar-refractivity contribution in [2.75, 3.05) is 58.6 Å². The van der Waals surface area contributed by atoms with Gasteiger partial charge in [0, 0.05) is 13.1 Å². The summed E-state index contributed by atoms with van der Waals surface area (Å²) in [4.78, 5) is 23.2. The molecule has 1 aliphatic heterocycles. The van der Waals surface area contributed by atoms with Crippen LogP contribution in [0, 0.1) is 0 Å². The highest BCUT2D eigenvalue weighted by molar-refractivity contribution is 7.99. The molecule has 152 valence electrons. The number of nitrogens with zero attached hydrogens (tertiary/aromatic N) is 7. The third kappa shape index (κ3) is 4.66. The predicted molar refractivity (Wildman–Crippen MR) is 114 cm³/mol. The van der Waals surface area contributed by atoms with Gasteiger partial charge in [0.25, 0.3) is 11.1 Å². The van der Waals surface area contributed by atoms with E-state index in [2.05, 4.69) is 54.7 Å². The molecule has 2 aromatic heterocycles. The monoisotopic (exact) mass is 423 g/mol. The molecule has 0 saturated heterocycles. The van der Waals surface area contributed by atoms with Crippen LogP contribution < -0.4 is 25.6 Å². The zero-order chi connectivity index (χ0) is 19.9. The van der Waals surface area contributed by atoms with Gasteiger partial charge in [-0.3, -0.25) is 0 Å². The van der Waals surface area contributed by atoms with Crippen molar-refractivity contribution in [2.45, 2.75) is 38.0 Å². The molecule has 3 N–H and O–H groups in total. The molecule has 1 aliphatic rings. The average Bonchev–Trinajstić information content (AvgIpc) is 2.68. The number of anilines is 4. The largest absolute Gasteiger partial charge is 0.354 e. The van der Waals surface area contributed by atoms with Gasteiger partial charge in [-0.1, -0.05) is 47.3 Å². The molecule has 3 heterocycles. The zero-order valence-corrected chi connectivity index (χ0v) is 18.3. The summed E-state index contributed by atoms with van der Waals surface area (Å²) in [7, 11) is 0. The van der Waals surface area contributed by atoms with Gasteiger partial charge >= 0.3 is 11.9 Å². The maximum atomic E-state index is 4.69. The van der Waals surface area contributed by atoms with E-state index in [1.165, 1.54) is 0 Å². The van der Waals surface area contributed by atoms with Crippen LogP contribution in [-0.2, 0) is 0 Å². The van der Waals surface area contributed by atoms with Gasteiger partial charge in [0.15, 0.2) is 5.16 Å². The van der Waals surface area contributed by atoms with Gasteiger partial charge in [0.2, 0.25) is 5.95 Å². The third-order valence-corrected chi connectivity index (χ3v) is 5.16. The van der Waals surface area contributed by atoms with Crippen LogP contribution in [0.2, 0.25) is 0 Å². The van der Waals surface area contributed by atoms with E-state index in [0.717, 1.165) is 42.2 Å². The van der Waals surface area contributed by atoms with Crippen LogP contribution in [0.1, 0.15) is 27.7 Å². The number of thioether (sulfide) groups is 2. The number of fused-ring (bicyclic) bond motifs is 1. The molecule has 0 fully saturated rings. The molecule has 0 aromatic carbocycles. The fourth-order valence-corrected chi connectivity index (χ4v) is 3.78. The van der Waals surface area contributed by atoms with E-state index in [-0.39, 0.29) is 0 Å². The lowest BCUT2D eigenvalue weighted by Crippen LogP contribution is -2.63. The first-order chi connectivity index (χ1) is 13.7. The Balaban J connectivity index is 2.08. The Hall–Kier alpha value is -2.08. The van der Waals surface area contributed by atoms with Crippen molar-refractivity contribution in [2.24, 2.45) is 0 Å². The van der Waals surface area contributed by atoms with Gasteiger partial charge in [-0.05, 0) is 25.4 Å². The summed E-state index contributed by atoms with van der Waals surface area (Å²) in [5, 5.41) is 13.3. The van der Waals surface area contributed by atoms with Crippen molar-refractivity contribution in [1.82, 2.24) is 24.9 Å². The molecular formula is C16H27N10S2+. The van der Waals surface area contributed by atoms with Crippen LogP contribution in [0.25, 0.3) is 0 Å². The molecular weight excluding hydrogens is 396 g/mol.